The van der Waals surface area contributed by atoms with Gasteiger partial charge < -0.3 is 15.4 Å². The summed E-state index contributed by atoms with van der Waals surface area (Å²) >= 11 is 0. The fourth-order valence-electron chi connectivity index (χ4n) is 2.78. The predicted molar refractivity (Wildman–Crippen MR) is 66.7 cm³/mol. The smallest absolute Gasteiger partial charge is 0.224 e. The Hall–Kier alpha value is -0.870. The zero-order chi connectivity index (χ0) is 12.3. The van der Waals surface area contributed by atoms with Crippen molar-refractivity contribution in [2.24, 2.45) is 5.92 Å². The molecule has 2 rings (SSSR count). The lowest BCUT2D eigenvalue weighted by Gasteiger charge is -2.20. The highest BCUT2D eigenvalue weighted by Gasteiger charge is 2.42. The number of hydrogen-bond acceptors (Lipinski definition) is 3. The Bertz CT molecular complexity index is 293. The Balaban J connectivity index is 1.69. The number of rotatable bonds is 6. The summed E-state index contributed by atoms with van der Waals surface area (Å²) in [5.41, 5.74) is 0. The molecule has 0 aliphatic carbocycles. The number of amides is 1. The SMILES string of the molecule is C=CCOC(C)CNC(=O)C1CC2CCC1N2. The van der Waals surface area contributed by atoms with Gasteiger partial charge in [0.05, 0.1) is 18.6 Å². The van der Waals surface area contributed by atoms with Gasteiger partial charge in [0.1, 0.15) is 0 Å². The number of carbonyl (C=O) groups is 1. The highest BCUT2D eigenvalue weighted by atomic mass is 16.5. The monoisotopic (exact) mass is 238 g/mol. The van der Waals surface area contributed by atoms with Crippen molar-refractivity contribution in [2.75, 3.05) is 13.2 Å². The Morgan fingerprint density at radius 1 is 1.65 bits per heavy atom. The molecule has 0 radical (unpaired) electrons. The molecule has 0 aromatic heterocycles. The van der Waals surface area contributed by atoms with Crippen LogP contribution in [0, 0.1) is 5.92 Å². The number of carbonyl (C=O) groups excluding carboxylic acids is 1. The topological polar surface area (TPSA) is 50.4 Å². The van der Waals surface area contributed by atoms with E-state index in [4.69, 9.17) is 4.74 Å². The number of hydrogen-bond donors (Lipinski definition) is 2. The van der Waals surface area contributed by atoms with Crippen molar-refractivity contribution in [3.63, 3.8) is 0 Å². The molecular weight excluding hydrogens is 216 g/mol. The molecule has 2 heterocycles. The van der Waals surface area contributed by atoms with Crippen LogP contribution in [0.25, 0.3) is 0 Å². The lowest BCUT2D eigenvalue weighted by atomic mass is 9.88. The minimum atomic E-state index is 0.0449. The van der Waals surface area contributed by atoms with Gasteiger partial charge in [-0.25, -0.2) is 0 Å². The van der Waals surface area contributed by atoms with Crippen molar-refractivity contribution >= 4 is 5.91 Å². The molecule has 2 aliphatic heterocycles. The molecule has 96 valence electrons. The zero-order valence-corrected chi connectivity index (χ0v) is 10.4. The van der Waals surface area contributed by atoms with Crippen LogP contribution in [0.4, 0.5) is 0 Å². The average Bonchev–Trinajstić information content (AvgIpc) is 2.95. The summed E-state index contributed by atoms with van der Waals surface area (Å²) in [5.74, 6) is 0.346. The van der Waals surface area contributed by atoms with E-state index in [0.29, 0.717) is 25.2 Å². The summed E-state index contributed by atoms with van der Waals surface area (Å²) < 4.78 is 5.42. The molecule has 4 atom stereocenters. The van der Waals surface area contributed by atoms with Gasteiger partial charge in [0.15, 0.2) is 0 Å². The van der Waals surface area contributed by atoms with Crippen LogP contribution >= 0.6 is 0 Å². The third kappa shape index (κ3) is 3.07. The van der Waals surface area contributed by atoms with Crippen LogP contribution in [0.1, 0.15) is 26.2 Å². The Morgan fingerprint density at radius 3 is 3.06 bits per heavy atom. The molecule has 2 fully saturated rings. The second kappa shape index (κ2) is 5.65. The molecule has 4 nitrogen and oxygen atoms in total. The summed E-state index contributed by atoms with van der Waals surface area (Å²) in [6.07, 6.45) is 5.14. The maximum absolute atomic E-state index is 12.0. The van der Waals surface area contributed by atoms with Crippen molar-refractivity contribution in [1.82, 2.24) is 10.6 Å². The molecule has 1 amide bonds. The second-order valence-corrected chi connectivity index (χ2v) is 5.07. The molecule has 0 aromatic carbocycles. The molecule has 4 heteroatoms. The van der Waals surface area contributed by atoms with E-state index in [-0.39, 0.29) is 17.9 Å². The van der Waals surface area contributed by atoms with E-state index in [1.165, 1.54) is 6.42 Å². The van der Waals surface area contributed by atoms with E-state index < -0.39 is 0 Å². The molecule has 0 aromatic rings. The Labute approximate surface area is 103 Å². The van der Waals surface area contributed by atoms with Crippen molar-refractivity contribution in [2.45, 2.75) is 44.4 Å². The van der Waals surface area contributed by atoms with Crippen molar-refractivity contribution in [1.29, 1.82) is 0 Å². The molecule has 2 bridgehead atoms. The molecule has 17 heavy (non-hydrogen) atoms. The van der Waals surface area contributed by atoms with Crippen LogP contribution in [-0.4, -0.2) is 37.2 Å². The highest BCUT2D eigenvalue weighted by Crippen LogP contribution is 2.33. The van der Waals surface area contributed by atoms with E-state index in [1.54, 1.807) is 6.08 Å². The van der Waals surface area contributed by atoms with E-state index >= 15 is 0 Å². The first-order valence-electron chi connectivity index (χ1n) is 6.47. The van der Waals surface area contributed by atoms with Crippen LogP contribution in [0.2, 0.25) is 0 Å². The van der Waals surface area contributed by atoms with Gasteiger partial charge in [-0.15, -0.1) is 6.58 Å². The molecular formula is C13H22N2O2. The maximum atomic E-state index is 12.0. The third-order valence-corrected chi connectivity index (χ3v) is 3.70. The van der Waals surface area contributed by atoms with Gasteiger partial charge in [0, 0.05) is 18.6 Å². The summed E-state index contributed by atoms with van der Waals surface area (Å²) in [5, 5.41) is 6.46. The highest BCUT2D eigenvalue weighted by molar-refractivity contribution is 5.80. The summed E-state index contributed by atoms with van der Waals surface area (Å²) in [6.45, 7) is 6.68. The van der Waals surface area contributed by atoms with Gasteiger partial charge in [0.2, 0.25) is 5.91 Å². The Morgan fingerprint density at radius 2 is 2.47 bits per heavy atom. The maximum Gasteiger partial charge on any atom is 0.224 e. The van der Waals surface area contributed by atoms with Crippen LogP contribution in [-0.2, 0) is 9.53 Å². The first kappa shape index (κ1) is 12.6. The van der Waals surface area contributed by atoms with E-state index in [2.05, 4.69) is 17.2 Å². The fraction of sp³-hybridized carbons (Fsp3) is 0.769. The third-order valence-electron chi connectivity index (χ3n) is 3.70. The standard InChI is InChI=1S/C13H22N2O2/c1-3-6-17-9(2)8-14-13(16)11-7-10-4-5-12(11)15-10/h3,9-12,15H,1,4-8H2,2H3,(H,14,16). The van der Waals surface area contributed by atoms with Crippen LogP contribution in [0.5, 0.6) is 0 Å². The Kier molecular flexibility index (Phi) is 4.18. The molecule has 2 aliphatic rings. The van der Waals surface area contributed by atoms with Crippen molar-refractivity contribution in [3.8, 4) is 0 Å². The largest absolute Gasteiger partial charge is 0.373 e. The van der Waals surface area contributed by atoms with Crippen LogP contribution in [0.3, 0.4) is 0 Å². The van der Waals surface area contributed by atoms with Crippen LogP contribution in [0.15, 0.2) is 12.7 Å². The summed E-state index contributed by atoms with van der Waals surface area (Å²) in [4.78, 5) is 12.0. The van der Waals surface area contributed by atoms with Gasteiger partial charge in [0.25, 0.3) is 0 Å². The molecule has 0 spiro atoms. The van der Waals surface area contributed by atoms with Crippen molar-refractivity contribution in [3.05, 3.63) is 12.7 Å². The minimum absolute atomic E-state index is 0.0449. The zero-order valence-electron chi connectivity index (χ0n) is 10.4. The van der Waals surface area contributed by atoms with Gasteiger partial charge in [-0.2, -0.15) is 0 Å². The summed E-state index contributed by atoms with van der Waals surface area (Å²) in [6, 6.07) is 0.981. The average molecular weight is 238 g/mol. The van der Waals surface area contributed by atoms with E-state index in [1.807, 2.05) is 6.92 Å². The van der Waals surface area contributed by atoms with Gasteiger partial charge in [-0.05, 0) is 26.2 Å². The first-order valence-corrected chi connectivity index (χ1v) is 6.47. The quantitative estimate of drug-likeness (QED) is 0.674. The lowest BCUT2D eigenvalue weighted by Crippen LogP contribution is -2.40. The van der Waals surface area contributed by atoms with E-state index in [9.17, 15) is 4.79 Å². The predicted octanol–water partition coefficient (Wildman–Crippen LogP) is 0.834. The van der Waals surface area contributed by atoms with Gasteiger partial charge in [-0.1, -0.05) is 6.08 Å². The second-order valence-electron chi connectivity index (χ2n) is 5.07. The summed E-state index contributed by atoms with van der Waals surface area (Å²) in [7, 11) is 0. The minimum Gasteiger partial charge on any atom is -0.373 e. The molecule has 0 saturated carbocycles. The number of fused-ring (bicyclic) bond motifs is 2. The van der Waals surface area contributed by atoms with Gasteiger partial charge in [-0.3, -0.25) is 4.79 Å². The van der Waals surface area contributed by atoms with Crippen molar-refractivity contribution < 1.29 is 9.53 Å². The molecule has 2 N–H and O–H groups in total. The first-order chi connectivity index (χ1) is 8.20. The van der Waals surface area contributed by atoms with E-state index in [0.717, 1.165) is 12.8 Å². The fourth-order valence-corrected chi connectivity index (χ4v) is 2.78. The lowest BCUT2D eigenvalue weighted by molar-refractivity contribution is -0.126. The number of ether oxygens (including phenoxy) is 1. The number of nitrogens with one attached hydrogen (secondary N) is 2. The molecule has 2 saturated heterocycles. The normalized spacial score (nSPS) is 32.4. The van der Waals surface area contributed by atoms with Gasteiger partial charge >= 0.3 is 0 Å². The van der Waals surface area contributed by atoms with Crippen LogP contribution < -0.4 is 10.6 Å². The molecule has 4 unspecified atom stereocenters.